The maximum Gasteiger partial charge on any atom is 0.0922 e. The largest absolute Gasteiger partial charge is 0.251 e. The van der Waals surface area contributed by atoms with Crippen LogP contribution >= 0.6 is 0 Å². The Bertz CT molecular complexity index is 588. The van der Waals surface area contributed by atoms with Crippen LogP contribution in [0.3, 0.4) is 0 Å². The summed E-state index contributed by atoms with van der Waals surface area (Å²) in [6, 6.07) is 0. The molecule has 0 saturated heterocycles. The maximum atomic E-state index is 13.1. The van der Waals surface area contributed by atoms with Crippen LogP contribution < -0.4 is 0 Å². The number of hydrogen-bond acceptors (Lipinski definition) is 0. The molecule has 0 aromatic heterocycles. The van der Waals surface area contributed by atoms with E-state index in [9.17, 15) is 4.39 Å². The summed E-state index contributed by atoms with van der Waals surface area (Å²) in [5.41, 5.74) is 3.53. The van der Waals surface area contributed by atoms with E-state index in [1.807, 2.05) is 0 Å². The number of unbranched alkanes of at least 4 members (excludes halogenated alkanes) is 3. The molecule has 0 aromatic rings. The van der Waals surface area contributed by atoms with Crippen molar-refractivity contribution < 1.29 is 4.39 Å². The van der Waals surface area contributed by atoms with Gasteiger partial charge < -0.3 is 0 Å². The molecule has 34 heavy (non-hydrogen) atoms. The highest BCUT2D eigenvalue weighted by Gasteiger charge is 2.16. The summed E-state index contributed by atoms with van der Waals surface area (Å²) in [5, 5.41) is 0. The van der Waals surface area contributed by atoms with Crippen LogP contribution in [0.2, 0.25) is 0 Å². The number of halogens is 1. The zero-order valence-corrected chi connectivity index (χ0v) is 24.1. The van der Waals surface area contributed by atoms with Gasteiger partial charge in [0.15, 0.2) is 0 Å². The number of hydrogen-bond donors (Lipinski definition) is 0. The summed E-state index contributed by atoms with van der Waals surface area (Å²) in [5.74, 6) is 0.813. The third-order valence-electron chi connectivity index (χ3n) is 7.08. The van der Waals surface area contributed by atoms with Crippen LogP contribution in [0.5, 0.6) is 0 Å². The summed E-state index contributed by atoms with van der Waals surface area (Å²) in [7, 11) is 0. The molecular weight excluding hydrogens is 415 g/mol. The molecule has 0 saturated carbocycles. The van der Waals surface area contributed by atoms with Crippen molar-refractivity contribution in [3.63, 3.8) is 0 Å². The molecule has 0 rings (SSSR count). The van der Waals surface area contributed by atoms with Crippen molar-refractivity contribution in [2.24, 2.45) is 17.3 Å². The molecule has 0 heterocycles. The highest BCUT2D eigenvalue weighted by molar-refractivity contribution is 5.17. The van der Waals surface area contributed by atoms with Crippen molar-refractivity contribution in [1.29, 1.82) is 0 Å². The topological polar surface area (TPSA) is 0 Å². The predicted octanol–water partition coefficient (Wildman–Crippen LogP) is 11.7. The maximum absolute atomic E-state index is 13.1. The van der Waals surface area contributed by atoms with Gasteiger partial charge in [-0.25, -0.2) is 0 Å². The third kappa shape index (κ3) is 19.2. The van der Waals surface area contributed by atoms with Crippen molar-refractivity contribution in [2.75, 3.05) is 6.67 Å². The van der Waals surface area contributed by atoms with Crippen molar-refractivity contribution >= 4 is 0 Å². The molecular formula is C33H59F. The van der Waals surface area contributed by atoms with E-state index < -0.39 is 0 Å². The van der Waals surface area contributed by atoms with Gasteiger partial charge in [0.1, 0.15) is 0 Å². The molecule has 1 unspecified atom stereocenters. The molecule has 0 radical (unpaired) electrons. The molecule has 0 aliphatic heterocycles. The van der Waals surface area contributed by atoms with Gasteiger partial charge in [-0.15, -0.1) is 0 Å². The van der Waals surface area contributed by atoms with Gasteiger partial charge in [-0.2, -0.15) is 0 Å². The molecule has 1 atom stereocenters. The van der Waals surface area contributed by atoms with Gasteiger partial charge >= 0.3 is 0 Å². The van der Waals surface area contributed by atoms with Gasteiger partial charge in [0, 0.05) is 0 Å². The lowest BCUT2D eigenvalue weighted by Crippen LogP contribution is -2.11. The van der Waals surface area contributed by atoms with E-state index in [4.69, 9.17) is 0 Å². The second-order valence-electron chi connectivity index (χ2n) is 11.5. The van der Waals surface area contributed by atoms with E-state index in [0.29, 0.717) is 11.3 Å². The summed E-state index contributed by atoms with van der Waals surface area (Å²) in [6.07, 6.45) is 30.5. The molecule has 0 spiro atoms. The van der Waals surface area contributed by atoms with Crippen molar-refractivity contribution in [1.82, 2.24) is 0 Å². The van der Waals surface area contributed by atoms with Crippen LogP contribution in [0.1, 0.15) is 138 Å². The van der Waals surface area contributed by atoms with E-state index in [1.54, 1.807) is 5.57 Å². The Morgan fingerprint density at radius 1 is 0.882 bits per heavy atom. The highest BCUT2D eigenvalue weighted by Crippen LogP contribution is 2.30. The SMILES string of the molecule is C/C=C(/C/C=C/C=C(/CC)C/C=C/CCC(CF)CC(C)C)CCCCC(C)(C)CCCCC. The summed E-state index contributed by atoms with van der Waals surface area (Å²) >= 11 is 0. The monoisotopic (exact) mass is 474 g/mol. The van der Waals surface area contributed by atoms with E-state index in [2.05, 4.69) is 84.9 Å². The number of rotatable bonds is 21. The van der Waals surface area contributed by atoms with Crippen LogP contribution in [0.4, 0.5) is 4.39 Å². The van der Waals surface area contributed by atoms with Crippen LogP contribution in [0.15, 0.2) is 47.6 Å². The zero-order valence-electron chi connectivity index (χ0n) is 24.1. The average molecular weight is 475 g/mol. The first-order chi connectivity index (χ1) is 16.3. The van der Waals surface area contributed by atoms with Crippen molar-refractivity contribution in [3.05, 3.63) is 47.6 Å². The molecule has 0 fully saturated rings. The van der Waals surface area contributed by atoms with Gasteiger partial charge in [-0.05, 0) is 88.4 Å². The van der Waals surface area contributed by atoms with E-state index in [0.717, 1.165) is 38.5 Å². The first kappa shape index (κ1) is 32.9. The Hall–Kier alpha value is -1.11. The highest BCUT2D eigenvalue weighted by atomic mass is 19.1. The van der Waals surface area contributed by atoms with Crippen LogP contribution in [-0.4, -0.2) is 6.67 Å². The van der Waals surface area contributed by atoms with Gasteiger partial charge in [0.2, 0.25) is 0 Å². The van der Waals surface area contributed by atoms with Gasteiger partial charge in [-0.3, -0.25) is 4.39 Å². The normalized spacial score (nSPS) is 14.7. The predicted molar refractivity (Wildman–Crippen MR) is 154 cm³/mol. The molecule has 1 heteroatoms. The molecule has 0 aliphatic carbocycles. The quantitative estimate of drug-likeness (QED) is 0.0881. The Morgan fingerprint density at radius 3 is 2.15 bits per heavy atom. The lowest BCUT2D eigenvalue weighted by atomic mass is 9.82. The number of alkyl halides is 1. The minimum atomic E-state index is -0.178. The standard InChI is InChI=1S/C33H59F/c1-8-11-18-25-33(6,7)26-19-17-23-31(10-3)22-16-15-21-30(9-2)20-13-12-14-24-32(28-34)27-29(4)5/h10,12-13,15-16,21,29,32H,8-9,11,14,17-20,22-28H2,1-7H3/b13-12+,16-15+,30-21-,31-10-. The molecule has 198 valence electrons. The fourth-order valence-corrected chi connectivity index (χ4v) is 4.66. The Morgan fingerprint density at radius 2 is 1.56 bits per heavy atom. The van der Waals surface area contributed by atoms with Crippen LogP contribution in [0.25, 0.3) is 0 Å². The third-order valence-corrected chi connectivity index (χ3v) is 7.08. The molecule has 0 aromatic carbocycles. The molecule has 0 N–H and O–H groups in total. The minimum absolute atomic E-state index is 0.178. The second-order valence-corrected chi connectivity index (χ2v) is 11.5. The first-order valence-corrected chi connectivity index (χ1v) is 14.5. The van der Waals surface area contributed by atoms with Crippen LogP contribution in [-0.2, 0) is 0 Å². The Kier molecular flexibility index (Phi) is 20.5. The van der Waals surface area contributed by atoms with Gasteiger partial charge in [0.05, 0.1) is 6.67 Å². The fourth-order valence-electron chi connectivity index (χ4n) is 4.66. The summed E-state index contributed by atoms with van der Waals surface area (Å²) < 4.78 is 13.1. The summed E-state index contributed by atoms with van der Waals surface area (Å²) in [6.45, 7) is 15.8. The minimum Gasteiger partial charge on any atom is -0.251 e. The molecule has 0 amide bonds. The second kappa shape index (κ2) is 21.2. The van der Waals surface area contributed by atoms with Crippen LogP contribution in [0, 0.1) is 17.3 Å². The van der Waals surface area contributed by atoms with E-state index in [1.165, 1.54) is 56.9 Å². The first-order valence-electron chi connectivity index (χ1n) is 14.5. The Labute approximate surface area is 214 Å². The van der Waals surface area contributed by atoms with Gasteiger partial charge in [-0.1, -0.05) is 115 Å². The molecule has 0 bridgehead atoms. The smallest absolute Gasteiger partial charge is 0.0922 e. The fraction of sp³-hybridized carbons (Fsp3) is 0.758. The van der Waals surface area contributed by atoms with Crippen molar-refractivity contribution in [3.8, 4) is 0 Å². The lowest BCUT2D eigenvalue weighted by molar-refractivity contribution is 0.285. The number of allylic oxidation sites excluding steroid dienone is 8. The van der Waals surface area contributed by atoms with E-state index in [-0.39, 0.29) is 12.6 Å². The zero-order chi connectivity index (χ0) is 25.7. The van der Waals surface area contributed by atoms with E-state index >= 15 is 0 Å². The molecule has 0 aliphatic rings. The van der Waals surface area contributed by atoms with Crippen molar-refractivity contribution in [2.45, 2.75) is 138 Å². The Balaban J connectivity index is 4.27. The molecule has 0 nitrogen and oxygen atoms in total. The lowest BCUT2D eigenvalue weighted by Gasteiger charge is -2.24. The average Bonchev–Trinajstić information content (AvgIpc) is 2.80. The summed E-state index contributed by atoms with van der Waals surface area (Å²) in [4.78, 5) is 0. The van der Waals surface area contributed by atoms with Gasteiger partial charge in [0.25, 0.3) is 0 Å².